The lowest BCUT2D eigenvalue weighted by Gasteiger charge is -2.24. The summed E-state index contributed by atoms with van der Waals surface area (Å²) >= 11 is 0. The fraction of sp³-hybridized carbons (Fsp3) is 0.833. The monoisotopic (exact) mass is 200 g/mol. The highest BCUT2D eigenvalue weighted by Gasteiger charge is 2.17. The molecule has 2 heteroatoms. The lowest BCUT2D eigenvalue weighted by atomic mass is 9.93. The van der Waals surface area contributed by atoms with Crippen LogP contribution in [0.15, 0.2) is 12.7 Å². The number of hydrogen-bond acceptors (Lipinski definition) is 2. The van der Waals surface area contributed by atoms with Crippen molar-refractivity contribution in [2.75, 3.05) is 7.11 Å². The Hall–Kier alpha value is -0.340. The summed E-state index contributed by atoms with van der Waals surface area (Å²) in [5.74, 6) is 0.292. The lowest BCUT2D eigenvalue weighted by molar-refractivity contribution is 0.0115. The van der Waals surface area contributed by atoms with Crippen LogP contribution in [0.2, 0.25) is 0 Å². The maximum atomic E-state index is 9.46. The van der Waals surface area contributed by atoms with E-state index in [9.17, 15) is 5.11 Å². The summed E-state index contributed by atoms with van der Waals surface area (Å²) in [6, 6.07) is 0. The summed E-state index contributed by atoms with van der Waals surface area (Å²) in [6.07, 6.45) is 4.34. The van der Waals surface area contributed by atoms with Gasteiger partial charge in [-0.1, -0.05) is 19.4 Å². The van der Waals surface area contributed by atoms with Gasteiger partial charge in [0.05, 0.1) is 11.7 Å². The van der Waals surface area contributed by atoms with Gasteiger partial charge in [-0.2, -0.15) is 0 Å². The first-order valence-corrected chi connectivity index (χ1v) is 5.28. The molecule has 0 saturated carbocycles. The lowest BCUT2D eigenvalue weighted by Crippen LogP contribution is -2.23. The zero-order chi connectivity index (χ0) is 11.2. The number of rotatable bonds is 7. The van der Waals surface area contributed by atoms with Gasteiger partial charge in [0.1, 0.15) is 0 Å². The van der Waals surface area contributed by atoms with E-state index in [1.165, 1.54) is 0 Å². The highest BCUT2D eigenvalue weighted by Crippen LogP contribution is 2.20. The molecule has 1 N–H and O–H groups in total. The van der Waals surface area contributed by atoms with E-state index >= 15 is 0 Å². The molecule has 0 aliphatic heterocycles. The normalized spacial score (nSPS) is 16.4. The summed E-state index contributed by atoms with van der Waals surface area (Å²) in [5.41, 5.74) is -0.0428. The van der Waals surface area contributed by atoms with Gasteiger partial charge in [0, 0.05) is 7.11 Å². The molecule has 0 fully saturated rings. The highest BCUT2D eigenvalue weighted by molar-refractivity contribution is 4.82. The van der Waals surface area contributed by atoms with E-state index in [1.54, 1.807) is 13.2 Å². The largest absolute Gasteiger partial charge is 0.389 e. The minimum Gasteiger partial charge on any atom is -0.389 e. The van der Waals surface area contributed by atoms with Crippen LogP contribution in [-0.2, 0) is 4.74 Å². The van der Waals surface area contributed by atoms with Crippen LogP contribution in [-0.4, -0.2) is 23.9 Å². The van der Waals surface area contributed by atoms with Gasteiger partial charge in [0.15, 0.2) is 0 Å². The van der Waals surface area contributed by atoms with Crippen molar-refractivity contribution in [2.45, 2.75) is 51.7 Å². The molecular formula is C12H24O2. The average Bonchev–Trinajstić information content (AvgIpc) is 2.16. The fourth-order valence-electron chi connectivity index (χ4n) is 1.35. The quantitative estimate of drug-likeness (QED) is 0.640. The Balaban J connectivity index is 3.68. The molecule has 2 atom stereocenters. The molecule has 0 spiro atoms. The molecule has 0 bridgehead atoms. The SMILES string of the molecule is C=CC(O)C(C)CCCC(C)(C)OC. The minimum atomic E-state index is -0.374. The van der Waals surface area contributed by atoms with Crippen LogP contribution in [0, 0.1) is 5.92 Å². The minimum absolute atomic E-state index is 0.0428. The number of aliphatic hydroxyl groups is 1. The van der Waals surface area contributed by atoms with Crippen molar-refractivity contribution in [1.29, 1.82) is 0 Å². The summed E-state index contributed by atoms with van der Waals surface area (Å²) in [5, 5.41) is 9.46. The van der Waals surface area contributed by atoms with E-state index < -0.39 is 0 Å². The Kier molecular flexibility index (Phi) is 6.05. The van der Waals surface area contributed by atoms with Crippen molar-refractivity contribution in [3.05, 3.63) is 12.7 Å². The smallest absolute Gasteiger partial charge is 0.0743 e. The van der Waals surface area contributed by atoms with Gasteiger partial charge in [0.25, 0.3) is 0 Å². The maximum Gasteiger partial charge on any atom is 0.0743 e. The van der Waals surface area contributed by atoms with E-state index in [1.807, 2.05) is 6.92 Å². The van der Waals surface area contributed by atoms with Crippen LogP contribution in [0.5, 0.6) is 0 Å². The van der Waals surface area contributed by atoms with Crippen LogP contribution in [0.4, 0.5) is 0 Å². The standard InChI is InChI=1S/C12H24O2/c1-6-11(13)10(2)8-7-9-12(3,4)14-5/h6,10-11,13H,1,7-9H2,2-5H3. The van der Waals surface area contributed by atoms with Crippen molar-refractivity contribution < 1.29 is 9.84 Å². The molecule has 2 unspecified atom stereocenters. The average molecular weight is 200 g/mol. The molecule has 0 saturated heterocycles. The molecule has 2 nitrogen and oxygen atoms in total. The van der Waals surface area contributed by atoms with Gasteiger partial charge in [0.2, 0.25) is 0 Å². The van der Waals surface area contributed by atoms with Gasteiger partial charge in [-0.05, 0) is 32.6 Å². The van der Waals surface area contributed by atoms with Crippen molar-refractivity contribution in [3.8, 4) is 0 Å². The Labute approximate surface area is 88.0 Å². The second-order valence-electron chi connectivity index (χ2n) is 4.56. The molecular weight excluding hydrogens is 176 g/mol. The van der Waals surface area contributed by atoms with Crippen molar-refractivity contribution in [1.82, 2.24) is 0 Å². The molecule has 0 aliphatic rings. The molecule has 14 heavy (non-hydrogen) atoms. The van der Waals surface area contributed by atoms with E-state index in [0.717, 1.165) is 19.3 Å². The number of ether oxygens (including phenoxy) is 1. The maximum absolute atomic E-state index is 9.46. The number of methoxy groups -OCH3 is 1. The van der Waals surface area contributed by atoms with Crippen LogP contribution < -0.4 is 0 Å². The summed E-state index contributed by atoms with van der Waals surface area (Å²) in [6.45, 7) is 9.80. The topological polar surface area (TPSA) is 29.5 Å². The molecule has 0 radical (unpaired) electrons. The number of hydrogen-bond donors (Lipinski definition) is 1. The molecule has 0 aliphatic carbocycles. The zero-order valence-electron chi connectivity index (χ0n) is 9.92. The van der Waals surface area contributed by atoms with Gasteiger partial charge < -0.3 is 9.84 Å². The Morgan fingerprint density at radius 3 is 2.50 bits per heavy atom. The molecule has 0 rings (SSSR count). The van der Waals surface area contributed by atoms with E-state index in [2.05, 4.69) is 20.4 Å². The Morgan fingerprint density at radius 1 is 1.50 bits per heavy atom. The van der Waals surface area contributed by atoms with Crippen LogP contribution in [0.3, 0.4) is 0 Å². The van der Waals surface area contributed by atoms with Gasteiger partial charge in [-0.25, -0.2) is 0 Å². The van der Waals surface area contributed by atoms with E-state index in [0.29, 0.717) is 5.92 Å². The predicted molar refractivity (Wildman–Crippen MR) is 60.3 cm³/mol. The van der Waals surface area contributed by atoms with Gasteiger partial charge >= 0.3 is 0 Å². The van der Waals surface area contributed by atoms with Crippen molar-refractivity contribution in [3.63, 3.8) is 0 Å². The zero-order valence-corrected chi connectivity index (χ0v) is 9.92. The van der Waals surface area contributed by atoms with E-state index in [4.69, 9.17) is 4.74 Å². The van der Waals surface area contributed by atoms with E-state index in [-0.39, 0.29) is 11.7 Å². The van der Waals surface area contributed by atoms with Gasteiger partial charge in [-0.3, -0.25) is 0 Å². The van der Waals surface area contributed by atoms with Crippen LogP contribution in [0.1, 0.15) is 40.0 Å². The summed E-state index contributed by atoms with van der Waals surface area (Å²) in [4.78, 5) is 0. The van der Waals surface area contributed by atoms with Crippen molar-refractivity contribution >= 4 is 0 Å². The first kappa shape index (κ1) is 13.7. The molecule has 84 valence electrons. The molecule has 0 amide bonds. The Morgan fingerprint density at radius 2 is 2.07 bits per heavy atom. The third-order valence-corrected chi connectivity index (χ3v) is 2.82. The molecule has 0 heterocycles. The molecule has 0 aromatic heterocycles. The predicted octanol–water partition coefficient (Wildman–Crippen LogP) is 2.76. The summed E-state index contributed by atoms with van der Waals surface area (Å²) in [7, 11) is 1.74. The number of aliphatic hydroxyl groups excluding tert-OH is 1. The first-order valence-electron chi connectivity index (χ1n) is 5.28. The second kappa shape index (κ2) is 6.20. The Bertz CT molecular complexity index is 164. The summed E-state index contributed by atoms with van der Waals surface area (Å²) < 4.78 is 5.32. The fourth-order valence-corrected chi connectivity index (χ4v) is 1.35. The molecule has 0 aromatic carbocycles. The second-order valence-corrected chi connectivity index (χ2v) is 4.56. The molecule has 0 aromatic rings. The van der Waals surface area contributed by atoms with Crippen LogP contribution >= 0.6 is 0 Å². The third kappa shape index (κ3) is 5.40. The highest BCUT2D eigenvalue weighted by atomic mass is 16.5. The third-order valence-electron chi connectivity index (χ3n) is 2.82. The first-order chi connectivity index (χ1) is 6.43. The van der Waals surface area contributed by atoms with Gasteiger partial charge in [-0.15, -0.1) is 6.58 Å². The van der Waals surface area contributed by atoms with Crippen LogP contribution in [0.25, 0.3) is 0 Å². The van der Waals surface area contributed by atoms with Crippen molar-refractivity contribution in [2.24, 2.45) is 5.92 Å².